The molecule has 3 heterocycles. The van der Waals surface area contributed by atoms with Gasteiger partial charge in [0, 0.05) is 15.4 Å². The number of anilines is 1. The Hall–Kier alpha value is -1.88. The molecule has 3 aromatic rings. The van der Waals surface area contributed by atoms with Gasteiger partial charge in [0.05, 0.1) is 6.04 Å². The van der Waals surface area contributed by atoms with Crippen LogP contribution in [0.4, 0.5) is 5.95 Å². The van der Waals surface area contributed by atoms with E-state index in [0.717, 1.165) is 11.3 Å². The highest BCUT2D eigenvalue weighted by molar-refractivity contribution is 7.12. The van der Waals surface area contributed by atoms with Crippen molar-refractivity contribution < 1.29 is 0 Å². The monoisotopic (exact) mass is 286 g/mol. The average molecular weight is 286 g/mol. The number of aryl methyl sites for hydroxylation is 3. The van der Waals surface area contributed by atoms with Crippen molar-refractivity contribution in [3.63, 3.8) is 0 Å². The smallest absolute Gasteiger partial charge is 0.243 e. The molecule has 0 spiro atoms. The van der Waals surface area contributed by atoms with Gasteiger partial charge >= 0.3 is 0 Å². The molecular weight excluding hydrogens is 268 g/mol. The lowest BCUT2D eigenvalue weighted by Crippen LogP contribution is -2.08. The largest absolute Gasteiger partial charge is 0.346 e. The molecule has 0 bridgehead atoms. The summed E-state index contributed by atoms with van der Waals surface area (Å²) in [7, 11) is 0. The third-order valence-electron chi connectivity index (χ3n) is 3.44. The topological polar surface area (TPSA) is 42.2 Å². The van der Waals surface area contributed by atoms with Crippen LogP contribution in [0.5, 0.6) is 0 Å². The van der Waals surface area contributed by atoms with Crippen molar-refractivity contribution in [2.75, 3.05) is 5.32 Å². The second kappa shape index (κ2) is 4.90. The number of hydrogen-bond acceptors (Lipinski definition) is 4. The molecule has 104 valence electrons. The minimum atomic E-state index is 0.206. The molecule has 0 saturated heterocycles. The molecule has 0 aliphatic carbocycles. The number of pyridine rings is 1. The molecule has 1 atom stereocenters. The van der Waals surface area contributed by atoms with E-state index in [1.807, 2.05) is 41.0 Å². The molecule has 0 fully saturated rings. The van der Waals surface area contributed by atoms with E-state index in [-0.39, 0.29) is 6.04 Å². The van der Waals surface area contributed by atoms with Gasteiger partial charge < -0.3 is 5.32 Å². The Kier molecular flexibility index (Phi) is 3.22. The first-order chi connectivity index (χ1) is 9.54. The van der Waals surface area contributed by atoms with E-state index in [2.05, 4.69) is 42.2 Å². The van der Waals surface area contributed by atoms with E-state index in [0.29, 0.717) is 5.95 Å². The van der Waals surface area contributed by atoms with Gasteiger partial charge in [-0.25, -0.2) is 4.52 Å². The van der Waals surface area contributed by atoms with E-state index in [1.54, 1.807) is 0 Å². The van der Waals surface area contributed by atoms with Gasteiger partial charge in [0.2, 0.25) is 5.95 Å². The number of aromatic nitrogens is 3. The molecule has 3 rings (SSSR count). The third kappa shape index (κ3) is 2.29. The van der Waals surface area contributed by atoms with Crippen molar-refractivity contribution in [1.82, 2.24) is 14.6 Å². The molecule has 0 aliphatic heterocycles. The van der Waals surface area contributed by atoms with Crippen molar-refractivity contribution in [1.29, 1.82) is 0 Å². The molecule has 20 heavy (non-hydrogen) atoms. The van der Waals surface area contributed by atoms with Gasteiger partial charge in [-0.3, -0.25) is 0 Å². The molecule has 4 nitrogen and oxygen atoms in total. The van der Waals surface area contributed by atoms with Crippen molar-refractivity contribution in [3.8, 4) is 0 Å². The minimum absolute atomic E-state index is 0.206. The fourth-order valence-corrected chi connectivity index (χ4v) is 3.47. The SMILES string of the molecule is Cc1cc(C(C)Nc2nc3cccc(C)n3n2)c(C)s1. The Labute approximate surface area is 122 Å². The number of fused-ring (bicyclic) bond motifs is 1. The Morgan fingerprint density at radius 2 is 2.05 bits per heavy atom. The number of thiophene rings is 1. The lowest BCUT2D eigenvalue weighted by atomic mass is 10.1. The van der Waals surface area contributed by atoms with E-state index >= 15 is 0 Å². The fourth-order valence-electron chi connectivity index (χ4n) is 2.45. The van der Waals surface area contributed by atoms with E-state index in [1.165, 1.54) is 15.3 Å². The number of hydrogen-bond donors (Lipinski definition) is 1. The number of rotatable bonds is 3. The summed E-state index contributed by atoms with van der Waals surface area (Å²) in [5, 5.41) is 7.90. The van der Waals surface area contributed by atoms with Crippen molar-refractivity contribution in [3.05, 3.63) is 45.3 Å². The molecule has 0 aliphatic rings. The van der Waals surface area contributed by atoms with Gasteiger partial charge in [0.15, 0.2) is 5.65 Å². The second-order valence-corrected chi connectivity index (χ2v) is 6.57. The Morgan fingerprint density at radius 1 is 1.25 bits per heavy atom. The zero-order valence-electron chi connectivity index (χ0n) is 12.1. The predicted octanol–water partition coefficient (Wildman–Crippen LogP) is 3.89. The molecule has 1 N–H and O–H groups in total. The average Bonchev–Trinajstić information content (AvgIpc) is 2.93. The van der Waals surface area contributed by atoms with Gasteiger partial charge in [-0.15, -0.1) is 16.4 Å². The highest BCUT2D eigenvalue weighted by Gasteiger charge is 2.13. The zero-order valence-corrected chi connectivity index (χ0v) is 13.0. The van der Waals surface area contributed by atoms with Gasteiger partial charge in [-0.05, 0) is 51.5 Å². The summed E-state index contributed by atoms with van der Waals surface area (Å²) in [6, 6.07) is 8.44. The molecule has 0 saturated carbocycles. The summed E-state index contributed by atoms with van der Waals surface area (Å²) in [5.74, 6) is 0.676. The Balaban J connectivity index is 1.89. The Bertz CT molecular complexity index is 756. The maximum atomic E-state index is 4.52. The lowest BCUT2D eigenvalue weighted by molar-refractivity contribution is 0.844. The van der Waals surface area contributed by atoms with Crippen molar-refractivity contribution in [2.24, 2.45) is 0 Å². The van der Waals surface area contributed by atoms with Gasteiger partial charge in [0.25, 0.3) is 0 Å². The first kappa shape index (κ1) is 13.1. The molecule has 1 unspecified atom stereocenters. The van der Waals surface area contributed by atoms with Crippen LogP contribution in [0.15, 0.2) is 24.3 Å². The van der Waals surface area contributed by atoms with Crippen LogP contribution >= 0.6 is 11.3 Å². The standard InChI is InChI=1S/C15H18N4S/c1-9-6-5-7-14-17-15(18-19(9)14)16-11(3)13-8-10(2)20-12(13)4/h5-8,11H,1-4H3,(H,16,18). The van der Waals surface area contributed by atoms with E-state index in [4.69, 9.17) is 0 Å². The van der Waals surface area contributed by atoms with E-state index in [9.17, 15) is 0 Å². The maximum Gasteiger partial charge on any atom is 0.243 e. The summed E-state index contributed by atoms with van der Waals surface area (Å²) in [6.07, 6.45) is 0. The van der Waals surface area contributed by atoms with Crippen LogP contribution in [-0.2, 0) is 0 Å². The van der Waals surface area contributed by atoms with Crippen LogP contribution in [0.3, 0.4) is 0 Å². The van der Waals surface area contributed by atoms with Crippen LogP contribution in [-0.4, -0.2) is 14.6 Å². The lowest BCUT2D eigenvalue weighted by Gasteiger charge is -2.11. The molecule has 0 radical (unpaired) electrons. The third-order valence-corrected chi connectivity index (χ3v) is 4.42. The highest BCUT2D eigenvalue weighted by Crippen LogP contribution is 2.27. The quantitative estimate of drug-likeness (QED) is 0.794. The van der Waals surface area contributed by atoms with Crippen LogP contribution in [0.25, 0.3) is 5.65 Å². The summed E-state index contributed by atoms with van der Waals surface area (Å²) < 4.78 is 1.86. The van der Waals surface area contributed by atoms with Crippen LogP contribution in [0.1, 0.15) is 34.0 Å². The van der Waals surface area contributed by atoms with Crippen LogP contribution < -0.4 is 5.32 Å². The first-order valence-electron chi connectivity index (χ1n) is 6.70. The molecule has 3 aromatic heterocycles. The van der Waals surface area contributed by atoms with Crippen LogP contribution in [0, 0.1) is 20.8 Å². The zero-order chi connectivity index (χ0) is 14.3. The summed E-state index contributed by atoms with van der Waals surface area (Å²) in [5.41, 5.74) is 3.28. The fraction of sp³-hybridized carbons (Fsp3) is 0.333. The molecule has 5 heteroatoms. The first-order valence-corrected chi connectivity index (χ1v) is 7.52. The second-order valence-electron chi connectivity index (χ2n) is 5.11. The molecule has 0 aromatic carbocycles. The highest BCUT2D eigenvalue weighted by atomic mass is 32.1. The molecular formula is C15H18N4S. The van der Waals surface area contributed by atoms with Crippen molar-refractivity contribution in [2.45, 2.75) is 33.7 Å². The number of nitrogens with zero attached hydrogens (tertiary/aromatic N) is 3. The predicted molar refractivity (Wildman–Crippen MR) is 83.6 cm³/mol. The van der Waals surface area contributed by atoms with Crippen molar-refractivity contribution >= 4 is 22.9 Å². The maximum absolute atomic E-state index is 4.52. The summed E-state index contributed by atoms with van der Waals surface area (Å²) in [6.45, 7) is 8.47. The summed E-state index contributed by atoms with van der Waals surface area (Å²) in [4.78, 5) is 7.21. The van der Waals surface area contributed by atoms with Gasteiger partial charge in [-0.2, -0.15) is 4.98 Å². The Morgan fingerprint density at radius 3 is 2.70 bits per heavy atom. The number of nitrogens with one attached hydrogen (secondary N) is 1. The van der Waals surface area contributed by atoms with Gasteiger partial charge in [0.1, 0.15) is 0 Å². The summed E-state index contributed by atoms with van der Waals surface area (Å²) >= 11 is 1.83. The van der Waals surface area contributed by atoms with Crippen LogP contribution in [0.2, 0.25) is 0 Å². The minimum Gasteiger partial charge on any atom is -0.346 e. The van der Waals surface area contributed by atoms with Gasteiger partial charge in [-0.1, -0.05) is 6.07 Å². The molecule has 0 amide bonds. The van der Waals surface area contributed by atoms with E-state index < -0.39 is 0 Å². The normalized spacial score (nSPS) is 12.8.